The molecule has 96 valence electrons. The molecule has 0 aliphatic carbocycles. The fourth-order valence-corrected chi connectivity index (χ4v) is 3.02. The fraction of sp³-hybridized carbons (Fsp3) is 0.286. The van der Waals surface area contributed by atoms with E-state index in [-0.39, 0.29) is 5.82 Å². The number of nitrogens with one attached hydrogen (secondary N) is 1. The van der Waals surface area contributed by atoms with Crippen LogP contribution >= 0.6 is 22.9 Å². The Kier molecular flexibility index (Phi) is 4.75. The molecule has 1 atom stereocenters. The molecule has 2 rings (SSSR count). The molecule has 4 heteroatoms. The van der Waals surface area contributed by atoms with Crippen LogP contribution in [0.1, 0.15) is 29.8 Å². The second kappa shape index (κ2) is 6.32. The third-order valence-corrected chi connectivity index (χ3v) is 3.97. The van der Waals surface area contributed by atoms with Crippen molar-refractivity contribution in [2.75, 3.05) is 0 Å². The lowest BCUT2D eigenvalue weighted by Crippen LogP contribution is -2.19. The summed E-state index contributed by atoms with van der Waals surface area (Å²) in [5.74, 6) is -0.288. The van der Waals surface area contributed by atoms with Crippen LogP contribution in [-0.2, 0) is 6.54 Å². The Bertz CT molecular complexity index is 478. The Morgan fingerprint density at radius 2 is 2.22 bits per heavy atom. The maximum absolute atomic E-state index is 13.2. The minimum atomic E-state index is -0.288. The Balaban J connectivity index is 2.01. The molecule has 0 bridgehead atoms. The van der Waals surface area contributed by atoms with Crippen molar-refractivity contribution in [1.82, 2.24) is 5.32 Å². The van der Waals surface area contributed by atoms with Crippen molar-refractivity contribution in [3.63, 3.8) is 0 Å². The first kappa shape index (κ1) is 13.5. The van der Waals surface area contributed by atoms with E-state index in [9.17, 15) is 4.39 Å². The van der Waals surface area contributed by atoms with Crippen LogP contribution in [0.4, 0.5) is 4.39 Å². The second-order valence-corrected chi connectivity index (χ2v) is 5.55. The van der Waals surface area contributed by atoms with Gasteiger partial charge in [-0.1, -0.05) is 24.6 Å². The second-order valence-electron chi connectivity index (χ2n) is 4.13. The first-order chi connectivity index (χ1) is 8.69. The van der Waals surface area contributed by atoms with E-state index >= 15 is 0 Å². The van der Waals surface area contributed by atoms with Gasteiger partial charge in [0.2, 0.25) is 0 Å². The van der Waals surface area contributed by atoms with E-state index in [2.05, 4.69) is 23.7 Å². The molecule has 1 heterocycles. The minimum absolute atomic E-state index is 0.288. The van der Waals surface area contributed by atoms with Gasteiger partial charge in [-0.25, -0.2) is 4.39 Å². The number of thiophene rings is 1. The van der Waals surface area contributed by atoms with Crippen LogP contribution in [0.25, 0.3) is 0 Å². The van der Waals surface area contributed by atoms with Gasteiger partial charge in [0.25, 0.3) is 0 Å². The summed E-state index contributed by atoms with van der Waals surface area (Å²) in [5, 5.41) is 5.94. The van der Waals surface area contributed by atoms with E-state index in [1.54, 1.807) is 17.4 Å². The lowest BCUT2D eigenvalue weighted by molar-refractivity contribution is 0.524. The molecule has 0 aliphatic heterocycles. The highest BCUT2D eigenvalue weighted by Gasteiger charge is 2.09. The van der Waals surface area contributed by atoms with Crippen molar-refractivity contribution in [2.24, 2.45) is 0 Å². The van der Waals surface area contributed by atoms with Gasteiger partial charge in [0.05, 0.1) is 0 Å². The van der Waals surface area contributed by atoms with Crippen molar-refractivity contribution in [3.05, 3.63) is 57.0 Å². The Labute approximate surface area is 116 Å². The van der Waals surface area contributed by atoms with Crippen LogP contribution in [0, 0.1) is 5.82 Å². The highest BCUT2D eigenvalue weighted by Crippen LogP contribution is 2.22. The average molecular weight is 284 g/mol. The van der Waals surface area contributed by atoms with Gasteiger partial charge in [-0.15, -0.1) is 11.3 Å². The maximum atomic E-state index is 13.2. The summed E-state index contributed by atoms with van der Waals surface area (Å²) in [7, 11) is 0. The normalized spacial score (nSPS) is 12.6. The lowest BCUT2D eigenvalue weighted by Gasteiger charge is -2.15. The average Bonchev–Trinajstić information content (AvgIpc) is 2.82. The number of rotatable bonds is 5. The van der Waals surface area contributed by atoms with Gasteiger partial charge >= 0.3 is 0 Å². The van der Waals surface area contributed by atoms with Crippen molar-refractivity contribution in [2.45, 2.75) is 25.9 Å². The summed E-state index contributed by atoms with van der Waals surface area (Å²) in [6, 6.07) is 9.10. The van der Waals surface area contributed by atoms with Crippen molar-refractivity contribution < 1.29 is 4.39 Å². The van der Waals surface area contributed by atoms with Crippen LogP contribution in [0.2, 0.25) is 5.02 Å². The van der Waals surface area contributed by atoms with Gasteiger partial charge in [0.1, 0.15) is 5.82 Å². The molecular weight excluding hydrogens is 269 g/mol. The molecule has 2 aromatic rings. The molecule has 0 radical (unpaired) electrons. The third-order valence-electron chi connectivity index (χ3n) is 2.77. The predicted octanol–water partition coefficient (Wildman–Crippen LogP) is 4.78. The molecule has 1 nitrogen and oxygen atoms in total. The highest BCUT2D eigenvalue weighted by atomic mass is 35.5. The van der Waals surface area contributed by atoms with Crippen LogP contribution in [0.5, 0.6) is 0 Å². The van der Waals surface area contributed by atoms with Crippen molar-refractivity contribution in [1.29, 1.82) is 0 Å². The van der Waals surface area contributed by atoms with Crippen molar-refractivity contribution in [3.8, 4) is 0 Å². The third kappa shape index (κ3) is 3.55. The molecule has 0 fully saturated rings. The zero-order valence-corrected chi connectivity index (χ0v) is 11.7. The zero-order chi connectivity index (χ0) is 13.0. The number of hydrogen-bond acceptors (Lipinski definition) is 2. The number of hydrogen-bond donors (Lipinski definition) is 1. The molecular formula is C14H15ClFNS. The molecule has 0 saturated heterocycles. The smallest absolute Gasteiger partial charge is 0.125 e. The van der Waals surface area contributed by atoms with Gasteiger partial charge in [-0.3, -0.25) is 0 Å². The molecule has 0 amide bonds. The molecule has 1 unspecified atom stereocenters. The lowest BCUT2D eigenvalue weighted by atomic mass is 10.1. The minimum Gasteiger partial charge on any atom is -0.305 e. The summed E-state index contributed by atoms with van der Waals surface area (Å²) in [4.78, 5) is 1.31. The van der Waals surface area contributed by atoms with E-state index in [4.69, 9.17) is 11.6 Å². The van der Waals surface area contributed by atoms with Gasteiger partial charge in [-0.2, -0.15) is 0 Å². The van der Waals surface area contributed by atoms with Crippen LogP contribution in [0.3, 0.4) is 0 Å². The Morgan fingerprint density at radius 3 is 2.83 bits per heavy atom. The van der Waals surface area contributed by atoms with Crippen LogP contribution in [0.15, 0.2) is 35.7 Å². The van der Waals surface area contributed by atoms with Crippen LogP contribution < -0.4 is 5.32 Å². The molecule has 0 saturated carbocycles. The van der Waals surface area contributed by atoms with Gasteiger partial charge in [-0.05, 0) is 41.6 Å². The van der Waals surface area contributed by atoms with E-state index < -0.39 is 0 Å². The van der Waals surface area contributed by atoms with Gasteiger partial charge in [0, 0.05) is 22.5 Å². The summed E-state index contributed by atoms with van der Waals surface area (Å²) in [6.45, 7) is 2.75. The first-order valence-corrected chi connectivity index (χ1v) is 7.16. The summed E-state index contributed by atoms with van der Waals surface area (Å²) in [6.07, 6.45) is 1.00. The molecule has 18 heavy (non-hydrogen) atoms. The molecule has 1 aromatic carbocycles. The molecule has 1 N–H and O–H groups in total. The first-order valence-electron chi connectivity index (χ1n) is 5.90. The van der Waals surface area contributed by atoms with Gasteiger partial charge in [0.15, 0.2) is 0 Å². The number of halogens is 2. The zero-order valence-electron chi connectivity index (χ0n) is 10.1. The quantitative estimate of drug-likeness (QED) is 0.832. The largest absolute Gasteiger partial charge is 0.305 e. The Morgan fingerprint density at radius 1 is 1.39 bits per heavy atom. The monoisotopic (exact) mass is 283 g/mol. The summed E-state index contributed by atoms with van der Waals surface area (Å²) < 4.78 is 13.2. The van der Waals surface area contributed by atoms with Gasteiger partial charge < -0.3 is 5.32 Å². The van der Waals surface area contributed by atoms with E-state index in [1.807, 2.05) is 6.07 Å². The fourth-order valence-electron chi connectivity index (χ4n) is 1.89. The summed E-state index contributed by atoms with van der Waals surface area (Å²) >= 11 is 7.57. The topological polar surface area (TPSA) is 12.0 Å². The maximum Gasteiger partial charge on any atom is 0.125 e. The van der Waals surface area contributed by atoms with Crippen LogP contribution in [-0.4, -0.2) is 0 Å². The van der Waals surface area contributed by atoms with Crippen molar-refractivity contribution >= 4 is 22.9 Å². The molecule has 0 spiro atoms. The SMILES string of the molecule is CCC(NCc1cc(F)cc(Cl)c1)c1cccs1. The predicted molar refractivity (Wildman–Crippen MR) is 75.6 cm³/mol. The Hall–Kier alpha value is -0.900. The number of benzene rings is 1. The molecule has 0 aliphatic rings. The van der Waals surface area contributed by atoms with E-state index in [0.29, 0.717) is 17.6 Å². The summed E-state index contributed by atoms with van der Waals surface area (Å²) in [5.41, 5.74) is 0.870. The van der Waals surface area contributed by atoms with E-state index in [0.717, 1.165) is 12.0 Å². The van der Waals surface area contributed by atoms with E-state index in [1.165, 1.54) is 17.0 Å². The standard InChI is InChI=1S/C14H15ClFNS/c1-2-13(14-4-3-5-18-14)17-9-10-6-11(15)8-12(16)7-10/h3-8,13,17H,2,9H2,1H3. The molecule has 1 aromatic heterocycles. The highest BCUT2D eigenvalue weighted by molar-refractivity contribution is 7.10.